The van der Waals surface area contributed by atoms with Crippen LogP contribution in [0.2, 0.25) is 0 Å². The van der Waals surface area contributed by atoms with Gasteiger partial charge in [0.1, 0.15) is 0 Å². The van der Waals surface area contributed by atoms with Crippen LogP contribution in [0, 0.1) is 4.77 Å². The highest BCUT2D eigenvalue weighted by Gasteiger charge is 2.31. The molecule has 0 aliphatic heterocycles. The Morgan fingerprint density at radius 2 is 2.44 bits per heavy atom. The highest BCUT2D eigenvalue weighted by molar-refractivity contribution is 7.71. The third kappa shape index (κ3) is 1.94. The largest absolute Gasteiger partial charge is 0.379 e. The molecule has 1 N–H and O–H groups in total. The SMILES string of the molecule is COC1CCCC1n1c(-c2cccs2)n[nH]c1=S. The normalized spacial score (nSPS) is 23.6. The van der Waals surface area contributed by atoms with E-state index in [0.29, 0.717) is 10.8 Å². The van der Waals surface area contributed by atoms with E-state index >= 15 is 0 Å². The lowest BCUT2D eigenvalue weighted by Crippen LogP contribution is -2.21. The molecule has 0 radical (unpaired) electrons. The number of nitrogens with zero attached hydrogens (tertiary/aromatic N) is 2. The maximum Gasteiger partial charge on any atom is 0.195 e. The lowest BCUT2D eigenvalue weighted by Gasteiger charge is -2.20. The van der Waals surface area contributed by atoms with E-state index in [1.165, 1.54) is 6.42 Å². The van der Waals surface area contributed by atoms with Crippen LogP contribution in [0.15, 0.2) is 17.5 Å². The van der Waals surface area contributed by atoms with Crippen molar-refractivity contribution in [3.8, 4) is 10.7 Å². The van der Waals surface area contributed by atoms with Crippen LogP contribution in [0.1, 0.15) is 25.3 Å². The number of ether oxygens (including phenoxy) is 1. The van der Waals surface area contributed by atoms with Crippen molar-refractivity contribution in [3.63, 3.8) is 0 Å². The van der Waals surface area contributed by atoms with Crippen LogP contribution < -0.4 is 0 Å². The van der Waals surface area contributed by atoms with Gasteiger partial charge in [-0.2, -0.15) is 5.10 Å². The Morgan fingerprint density at radius 3 is 3.17 bits per heavy atom. The molecular formula is C12H15N3OS2. The fraction of sp³-hybridized carbons (Fsp3) is 0.500. The number of H-pyrrole nitrogens is 1. The van der Waals surface area contributed by atoms with Crippen molar-refractivity contribution >= 4 is 23.6 Å². The Hall–Kier alpha value is -0.980. The summed E-state index contributed by atoms with van der Waals surface area (Å²) in [5.41, 5.74) is 0. The van der Waals surface area contributed by atoms with Crippen molar-refractivity contribution in [1.29, 1.82) is 0 Å². The minimum atomic E-state index is 0.244. The summed E-state index contributed by atoms with van der Waals surface area (Å²) in [6.45, 7) is 0. The highest BCUT2D eigenvalue weighted by atomic mass is 32.1. The molecule has 0 aromatic carbocycles. The molecule has 0 spiro atoms. The Morgan fingerprint density at radius 1 is 1.56 bits per heavy atom. The molecule has 1 fully saturated rings. The van der Waals surface area contributed by atoms with Gasteiger partial charge in [0, 0.05) is 7.11 Å². The van der Waals surface area contributed by atoms with E-state index in [-0.39, 0.29) is 6.10 Å². The molecule has 0 bridgehead atoms. The van der Waals surface area contributed by atoms with Crippen molar-refractivity contribution in [2.75, 3.05) is 7.11 Å². The van der Waals surface area contributed by atoms with Crippen LogP contribution >= 0.6 is 23.6 Å². The summed E-state index contributed by atoms with van der Waals surface area (Å²) in [4.78, 5) is 1.14. The molecule has 4 nitrogen and oxygen atoms in total. The van der Waals surface area contributed by atoms with Gasteiger partial charge in [0.25, 0.3) is 0 Å². The number of hydrogen-bond acceptors (Lipinski definition) is 4. The smallest absolute Gasteiger partial charge is 0.195 e. The molecule has 1 aliphatic carbocycles. The minimum Gasteiger partial charge on any atom is -0.379 e. The molecule has 2 unspecified atom stereocenters. The van der Waals surface area contributed by atoms with Gasteiger partial charge in [-0.15, -0.1) is 11.3 Å². The molecule has 2 aromatic heterocycles. The molecule has 0 saturated heterocycles. The fourth-order valence-corrected chi connectivity index (χ4v) is 3.65. The number of aromatic amines is 1. The maximum atomic E-state index is 5.57. The van der Waals surface area contributed by atoms with Crippen LogP contribution in [0.4, 0.5) is 0 Å². The van der Waals surface area contributed by atoms with Gasteiger partial charge in [0.15, 0.2) is 10.6 Å². The molecule has 1 saturated carbocycles. The summed E-state index contributed by atoms with van der Waals surface area (Å²) < 4.78 is 8.38. The molecule has 3 rings (SSSR count). The maximum absolute atomic E-state index is 5.57. The van der Waals surface area contributed by atoms with E-state index in [9.17, 15) is 0 Å². The Bertz CT molecular complexity index is 572. The molecule has 18 heavy (non-hydrogen) atoms. The van der Waals surface area contributed by atoms with Crippen molar-refractivity contribution in [2.45, 2.75) is 31.4 Å². The Kier molecular flexibility index (Phi) is 3.32. The first-order valence-corrected chi connectivity index (χ1v) is 7.33. The number of hydrogen-bond donors (Lipinski definition) is 1. The van der Waals surface area contributed by atoms with Crippen molar-refractivity contribution in [1.82, 2.24) is 14.8 Å². The molecular weight excluding hydrogens is 266 g/mol. The Labute approximate surface area is 115 Å². The number of rotatable bonds is 3. The predicted octanol–water partition coefficient (Wildman–Crippen LogP) is 3.41. The monoisotopic (exact) mass is 281 g/mol. The fourth-order valence-electron chi connectivity index (χ4n) is 2.67. The van der Waals surface area contributed by atoms with Gasteiger partial charge >= 0.3 is 0 Å². The summed E-state index contributed by atoms with van der Waals surface area (Å²) in [7, 11) is 1.78. The third-order valence-electron chi connectivity index (χ3n) is 3.50. The highest BCUT2D eigenvalue weighted by Crippen LogP contribution is 2.36. The summed E-state index contributed by atoms with van der Waals surface area (Å²) in [5, 5.41) is 9.34. The number of aromatic nitrogens is 3. The lowest BCUT2D eigenvalue weighted by atomic mass is 10.2. The van der Waals surface area contributed by atoms with Crippen LogP contribution in [0.5, 0.6) is 0 Å². The standard InChI is InChI=1S/C12H15N3OS2/c1-16-9-5-2-4-8(9)15-11(13-14-12(15)17)10-6-3-7-18-10/h3,6-9H,2,4-5H2,1H3,(H,14,17). The van der Waals surface area contributed by atoms with E-state index < -0.39 is 0 Å². The van der Waals surface area contributed by atoms with Gasteiger partial charge in [0.05, 0.1) is 17.0 Å². The van der Waals surface area contributed by atoms with Crippen molar-refractivity contribution in [3.05, 3.63) is 22.3 Å². The lowest BCUT2D eigenvalue weighted by molar-refractivity contribution is 0.0749. The average Bonchev–Trinajstić information content (AvgIpc) is 3.07. The van der Waals surface area contributed by atoms with Gasteiger partial charge in [-0.1, -0.05) is 6.07 Å². The predicted molar refractivity (Wildman–Crippen MR) is 74.4 cm³/mol. The topological polar surface area (TPSA) is 42.8 Å². The molecule has 2 atom stereocenters. The summed E-state index contributed by atoms with van der Waals surface area (Å²) in [6.07, 6.45) is 3.62. The molecule has 96 valence electrons. The number of nitrogens with one attached hydrogen (secondary N) is 1. The zero-order valence-corrected chi connectivity index (χ0v) is 11.8. The first-order valence-electron chi connectivity index (χ1n) is 6.05. The van der Waals surface area contributed by atoms with Gasteiger partial charge in [-0.25, -0.2) is 0 Å². The Balaban J connectivity index is 2.06. The van der Waals surface area contributed by atoms with E-state index in [1.807, 2.05) is 6.07 Å². The second-order valence-corrected chi connectivity index (χ2v) is 5.81. The van der Waals surface area contributed by atoms with Crippen LogP contribution in [0.25, 0.3) is 10.7 Å². The van der Waals surface area contributed by atoms with Gasteiger partial charge < -0.3 is 4.74 Å². The van der Waals surface area contributed by atoms with Gasteiger partial charge in [-0.3, -0.25) is 9.67 Å². The van der Waals surface area contributed by atoms with E-state index in [0.717, 1.165) is 23.5 Å². The van der Waals surface area contributed by atoms with E-state index in [4.69, 9.17) is 17.0 Å². The quantitative estimate of drug-likeness (QED) is 0.877. The first kappa shape index (κ1) is 12.1. The second kappa shape index (κ2) is 4.95. The van der Waals surface area contributed by atoms with E-state index in [2.05, 4.69) is 26.2 Å². The average molecular weight is 281 g/mol. The molecule has 2 heterocycles. The molecule has 6 heteroatoms. The summed E-state index contributed by atoms with van der Waals surface area (Å²) >= 11 is 7.06. The minimum absolute atomic E-state index is 0.244. The number of thiophene rings is 1. The zero-order chi connectivity index (χ0) is 12.5. The van der Waals surface area contributed by atoms with Crippen LogP contribution in [-0.2, 0) is 4.74 Å². The van der Waals surface area contributed by atoms with Crippen molar-refractivity contribution < 1.29 is 4.74 Å². The first-order chi connectivity index (χ1) is 8.81. The summed E-state index contributed by atoms with van der Waals surface area (Å²) in [6, 6.07) is 4.41. The van der Waals surface area contributed by atoms with Crippen LogP contribution in [0.3, 0.4) is 0 Å². The molecule has 2 aromatic rings. The summed E-state index contributed by atoms with van der Waals surface area (Å²) in [5.74, 6) is 0.934. The second-order valence-electron chi connectivity index (χ2n) is 4.47. The van der Waals surface area contributed by atoms with Crippen LogP contribution in [-0.4, -0.2) is 28.0 Å². The third-order valence-corrected chi connectivity index (χ3v) is 4.65. The van der Waals surface area contributed by atoms with Gasteiger partial charge in [0.2, 0.25) is 0 Å². The molecule has 1 aliphatic rings. The van der Waals surface area contributed by atoms with Crippen molar-refractivity contribution in [2.24, 2.45) is 0 Å². The van der Waals surface area contributed by atoms with E-state index in [1.54, 1.807) is 18.4 Å². The molecule has 0 amide bonds. The zero-order valence-electron chi connectivity index (χ0n) is 10.1. The van der Waals surface area contributed by atoms with Gasteiger partial charge in [-0.05, 0) is 42.9 Å². The number of methoxy groups -OCH3 is 1.